The standard InChI is InChI=1S/C18H26N2O3/c1-3-12-23-16-8-4-14(5-9-16)6-10-17(21)19-15-7-11-18(22)20(2)13-15/h4-5,8-9,15H,3,6-7,10-13H2,1-2H3,(H,19,21)/t15-/m1/s1. The number of carbonyl (C=O) groups excluding carboxylic acids is 2. The molecule has 1 aliphatic heterocycles. The fraction of sp³-hybridized carbons (Fsp3) is 0.556. The van der Waals surface area contributed by atoms with Crippen LogP contribution in [0.2, 0.25) is 0 Å². The molecule has 1 N–H and O–H groups in total. The van der Waals surface area contributed by atoms with Gasteiger partial charge >= 0.3 is 0 Å². The number of hydrogen-bond acceptors (Lipinski definition) is 3. The number of nitrogens with zero attached hydrogens (tertiary/aromatic N) is 1. The summed E-state index contributed by atoms with van der Waals surface area (Å²) in [4.78, 5) is 25.2. The van der Waals surface area contributed by atoms with Crippen molar-refractivity contribution in [1.29, 1.82) is 0 Å². The molecule has 1 aromatic rings. The van der Waals surface area contributed by atoms with Crippen molar-refractivity contribution in [2.24, 2.45) is 0 Å². The van der Waals surface area contributed by atoms with Crippen molar-refractivity contribution in [3.8, 4) is 5.75 Å². The number of nitrogens with one attached hydrogen (secondary N) is 1. The molecule has 1 aliphatic rings. The molecule has 0 unspecified atom stereocenters. The molecule has 5 nitrogen and oxygen atoms in total. The Morgan fingerprint density at radius 3 is 2.74 bits per heavy atom. The van der Waals surface area contributed by atoms with Gasteiger partial charge in [0.15, 0.2) is 0 Å². The number of amides is 2. The van der Waals surface area contributed by atoms with Crippen LogP contribution in [0.1, 0.15) is 38.2 Å². The summed E-state index contributed by atoms with van der Waals surface area (Å²) in [5, 5.41) is 3.02. The molecule has 1 atom stereocenters. The van der Waals surface area contributed by atoms with Crippen LogP contribution in [-0.2, 0) is 16.0 Å². The largest absolute Gasteiger partial charge is 0.494 e. The van der Waals surface area contributed by atoms with Crippen LogP contribution >= 0.6 is 0 Å². The maximum atomic E-state index is 12.0. The molecule has 0 spiro atoms. The minimum atomic E-state index is 0.0454. The van der Waals surface area contributed by atoms with Crippen LogP contribution < -0.4 is 10.1 Å². The zero-order valence-corrected chi connectivity index (χ0v) is 14.0. The number of rotatable bonds is 7. The lowest BCUT2D eigenvalue weighted by atomic mass is 10.0. The van der Waals surface area contributed by atoms with Gasteiger partial charge in [-0.25, -0.2) is 0 Å². The van der Waals surface area contributed by atoms with Gasteiger partial charge in [-0.2, -0.15) is 0 Å². The molecule has 126 valence electrons. The van der Waals surface area contributed by atoms with Gasteiger partial charge in [0.25, 0.3) is 0 Å². The molecule has 0 radical (unpaired) electrons. The molecule has 2 rings (SSSR count). The normalized spacial score (nSPS) is 17.9. The highest BCUT2D eigenvalue weighted by Crippen LogP contribution is 2.14. The van der Waals surface area contributed by atoms with Crippen molar-refractivity contribution < 1.29 is 14.3 Å². The van der Waals surface area contributed by atoms with E-state index in [1.807, 2.05) is 24.3 Å². The predicted molar refractivity (Wildman–Crippen MR) is 89.4 cm³/mol. The average Bonchev–Trinajstić information content (AvgIpc) is 2.55. The summed E-state index contributed by atoms with van der Waals surface area (Å²) in [6.45, 7) is 3.40. The van der Waals surface area contributed by atoms with Crippen molar-refractivity contribution in [2.45, 2.75) is 45.1 Å². The van der Waals surface area contributed by atoms with E-state index >= 15 is 0 Å². The van der Waals surface area contributed by atoms with E-state index in [0.29, 0.717) is 25.8 Å². The second kappa shape index (κ2) is 8.56. The molecule has 0 aliphatic carbocycles. The van der Waals surface area contributed by atoms with Crippen LogP contribution in [0.25, 0.3) is 0 Å². The average molecular weight is 318 g/mol. The summed E-state index contributed by atoms with van der Waals surface area (Å²) in [5.41, 5.74) is 1.12. The molecular weight excluding hydrogens is 292 g/mol. The highest BCUT2D eigenvalue weighted by molar-refractivity contribution is 5.79. The number of likely N-dealkylation sites (N-methyl/N-ethyl adjacent to an activating group) is 1. The van der Waals surface area contributed by atoms with Crippen LogP contribution in [0.15, 0.2) is 24.3 Å². The number of benzene rings is 1. The summed E-state index contributed by atoms with van der Waals surface area (Å²) in [7, 11) is 1.78. The van der Waals surface area contributed by atoms with E-state index in [-0.39, 0.29) is 17.9 Å². The minimum absolute atomic E-state index is 0.0454. The Morgan fingerprint density at radius 1 is 1.35 bits per heavy atom. The number of piperidine rings is 1. The van der Waals surface area contributed by atoms with E-state index in [0.717, 1.165) is 30.8 Å². The van der Waals surface area contributed by atoms with Crippen LogP contribution in [-0.4, -0.2) is 43.0 Å². The maximum absolute atomic E-state index is 12.0. The van der Waals surface area contributed by atoms with Gasteiger partial charge in [0, 0.05) is 32.5 Å². The summed E-state index contributed by atoms with van der Waals surface area (Å²) in [6, 6.07) is 7.99. The Bertz CT molecular complexity index is 528. The highest BCUT2D eigenvalue weighted by Gasteiger charge is 2.23. The third kappa shape index (κ3) is 5.58. The topological polar surface area (TPSA) is 58.6 Å². The van der Waals surface area contributed by atoms with Gasteiger partial charge in [-0.1, -0.05) is 19.1 Å². The quantitative estimate of drug-likeness (QED) is 0.838. The Labute approximate surface area is 138 Å². The van der Waals surface area contributed by atoms with Crippen LogP contribution in [0.4, 0.5) is 0 Å². The number of likely N-dealkylation sites (tertiary alicyclic amines) is 1. The highest BCUT2D eigenvalue weighted by atomic mass is 16.5. The first-order chi connectivity index (χ1) is 11.1. The monoisotopic (exact) mass is 318 g/mol. The third-order valence-electron chi connectivity index (χ3n) is 4.03. The summed E-state index contributed by atoms with van der Waals surface area (Å²) in [5.74, 6) is 1.07. The Balaban J connectivity index is 1.72. The molecule has 1 fully saturated rings. The van der Waals surface area contributed by atoms with Gasteiger partial charge in [-0.3, -0.25) is 9.59 Å². The number of aryl methyl sites for hydroxylation is 1. The van der Waals surface area contributed by atoms with Crippen molar-refractivity contribution in [1.82, 2.24) is 10.2 Å². The first-order valence-electron chi connectivity index (χ1n) is 8.33. The number of carbonyl (C=O) groups is 2. The molecular formula is C18H26N2O3. The maximum Gasteiger partial charge on any atom is 0.222 e. The van der Waals surface area contributed by atoms with E-state index in [9.17, 15) is 9.59 Å². The van der Waals surface area contributed by atoms with Crippen molar-refractivity contribution in [2.75, 3.05) is 20.2 Å². The lowest BCUT2D eigenvalue weighted by Crippen LogP contribution is -2.48. The fourth-order valence-corrected chi connectivity index (χ4v) is 2.66. The Morgan fingerprint density at radius 2 is 2.09 bits per heavy atom. The van der Waals surface area contributed by atoms with Gasteiger partial charge in [0.05, 0.1) is 6.61 Å². The first-order valence-corrected chi connectivity index (χ1v) is 8.33. The Hall–Kier alpha value is -2.04. The van der Waals surface area contributed by atoms with Gasteiger partial charge < -0.3 is 15.0 Å². The van der Waals surface area contributed by atoms with E-state index in [1.54, 1.807) is 11.9 Å². The second-order valence-corrected chi connectivity index (χ2v) is 6.07. The lowest BCUT2D eigenvalue weighted by Gasteiger charge is -2.30. The molecule has 1 saturated heterocycles. The minimum Gasteiger partial charge on any atom is -0.494 e. The van der Waals surface area contributed by atoms with E-state index in [2.05, 4.69) is 12.2 Å². The van der Waals surface area contributed by atoms with Crippen molar-refractivity contribution in [3.63, 3.8) is 0 Å². The predicted octanol–water partition coefficient (Wildman–Crippen LogP) is 2.14. The van der Waals surface area contributed by atoms with E-state index < -0.39 is 0 Å². The smallest absolute Gasteiger partial charge is 0.222 e. The summed E-state index contributed by atoms with van der Waals surface area (Å²) in [6.07, 6.45) is 3.41. The lowest BCUT2D eigenvalue weighted by molar-refractivity contribution is -0.134. The number of ether oxygens (including phenoxy) is 1. The van der Waals surface area contributed by atoms with Crippen LogP contribution in [0.3, 0.4) is 0 Å². The van der Waals surface area contributed by atoms with Crippen LogP contribution in [0.5, 0.6) is 5.75 Å². The van der Waals surface area contributed by atoms with Gasteiger partial charge in [-0.15, -0.1) is 0 Å². The summed E-state index contributed by atoms with van der Waals surface area (Å²) >= 11 is 0. The van der Waals surface area contributed by atoms with Gasteiger partial charge in [0.1, 0.15) is 5.75 Å². The third-order valence-corrected chi connectivity index (χ3v) is 4.03. The zero-order chi connectivity index (χ0) is 16.7. The molecule has 1 heterocycles. The number of hydrogen-bond donors (Lipinski definition) is 1. The summed E-state index contributed by atoms with van der Waals surface area (Å²) < 4.78 is 5.54. The zero-order valence-electron chi connectivity index (χ0n) is 14.0. The van der Waals surface area contributed by atoms with E-state index in [4.69, 9.17) is 4.74 Å². The van der Waals surface area contributed by atoms with Crippen molar-refractivity contribution in [3.05, 3.63) is 29.8 Å². The van der Waals surface area contributed by atoms with Crippen LogP contribution in [0, 0.1) is 0 Å². The fourth-order valence-electron chi connectivity index (χ4n) is 2.66. The van der Waals surface area contributed by atoms with Gasteiger partial charge in [0.2, 0.25) is 11.8 Å². The second-order valence-electron chi connectivity index (χ2n) is 6.07. The van der Waals surface area contributed by atoms with Crippen molar-refractivity contribution >= 4 is 11.8 Å². The molecule has 0 aromatic heterocycles. The molecule has 0 saturated carbocycles. The Kier molecular flexibility index (Phi) is 6.44. The molecule has 1 aromatic carbocycles. The molecule has 0 bridgehead atoms. The van der Waals surface area contributed by atoms with Gasteiger partial charge in [-0.05, 0) is 37.0 Å². The SMILES string of the molecule is CCCOc1ccc(CCC(=O)N[C@@H]2CCC(=O)N(C)C2)cc1. The molecule has 5 heteroatoms. The van der Waals surface area contributed by atoms with E-state index in [1.165, 1.54) is 0 Å². The molecule has 23 heavy (non-hydrogen) atoms. The molecule has 2 amide bonds. The first kappa shape index (κ1) is 17.3.